The Hall–Kier alpha value is -3.13. The van der Waals surface area contributed by atoms with E-state index in [4.69, 9.17) is 9.16 Å². The monoisotopic (exact) mass is 529 g/mol. The lowest BCUT2D eigenvalue weighted by Gasteiger charge is -2.43. The van der Waals surface area contributed by atoms with Crippen LogP contribution >= 0.6 is 11.8 Å². The van der Waals surface area contributed by atoms with Gasteiger partial charge < -0.3 is 9.16 Å². The molecule has 1 amide bonds. The Morgan fingerprint density at radius 3 is 1.95 bits per heavy atom. The van der Waals surface area contributed by atoms with Gasteiger partial charge in [-0.3, -0.25) is 9.69 Å². The van der Waals surface area contributed by atoms with Gasteiger partial charge in [-0.05, 0) is 21.0 Å². The molecule has 1 fully saturated rings. The molecule has 1 saturated heterocycles. The van der Waals surface area contributed by atoms with E-state index in [-0.39, 0.29) is 29.5 Å². The fourth-order valence-corrected chi connectivity index (χ4v) is 11.1. The lowest BCUT2D eigenvalue weighted by molar-refractivity contribution is -0.149. The van der Waals surface area contributed by atoms with Crippen LogP contribution in [0.5, 0.6) is 0 Å². The van der Waals surface area contributed by atoms with Gasteiger partial charge in [0.05, 0.1) is 18.4 Å². The normalized spacial score (nSPS) is 17.4. The number of benzene rings is 3. The highest BCUT2D eigenvalue weighted by Crippen LogP contribution is 2.47. The SMILES string of the molecule is CC(C)(C)[Si](OCC1=C(C(=O)OCc2ccccc2)N2C(=O)C[C@H]2S1)(c1ccccc1)c1ccccc1. The maximum Gasteiger partial charge on any atom is 0.356 e. The van der Waals surface area contributed by atoms with E-state index in [0.29, 0.717) is 12.1 Å². The number of carbonyl (C=O) groups is 2. The summed E-state index contributed by atoms with van der Waals surface area (Å²) in [6, 6.07) is 30.4. The lowest BCUT2D eigenvalue weighted by Crippen LogP contribution is -2.66. The molecule has 37 heavy (non-hydrogen) atoms. The number of hydrogen-bond acceptors (Lipinski definition) is 5. The first kappa shape index (κ1) is 25.5. The van der Waals surface area contributed by atoms with Gasteiger partial charge in [0.1, 0.15) is 12.3 Å². The highest BCUT2D eigenvalue weighted by molar-refractivity contribution is 8.04. The van der Waals surface area contributed by atoms with Gasteiger partial charge in [-0.2, -0.15) is 0 Å². The zero-order chi connectivity index (χ0) is 26.0. The molecule has 5 nitrogen and oxygen atoms in total. The Bertz CT molecular complexity index is 1270. The summed E-state index contributed by atoms with van der Waals surface area (Å²) in [5.74, 6) is -0.530. The summed E-state index contributed by atoms with van der Waals surface area (Å²) in [5.41, 5.74) is 1.24. The molecule has 2 aliphatic heterocycles. The zero-order valence-corrected chi connectivity index (χ0v) is 23.2. The Morgan fingerprint density at radius 1 is 0.892 bits per heavy atom. The number of carbonyl (C=O) groups excluding carboxylic acids is 2. The van der Waals surface area contributed by atoms with Crippen molar-refractivity contribution in [2.45, 2.75) is 44.2 Å². The molecular weight excluding hydrogens is 498 g/mol. The Balaban J connectivity index is 1.49. The molecule has 0 bridgehead atoms. The fourth-order valence-electron chi connectivity index (χ4n) is 5.15. The molecular formula is C30H31NO4SSi. The van der Waals surface area contributed by atoms with Crippen LogP contribution in [0.4, 0.5) is 0 Å². The Labute approximate surface area is 223 Å². The van der Waals surface area contributed by atoms with E-state index in [9.17, 15) is 9.59 Å². The topological polar surface area (TPSA) is 55.8 Å². The molecule has 0 spiro atoms. The first-order chi connectivity index (χ1) is 17.8. The summed E-state index contributed by atoms with van der Waals surface area (Å²) in [6.45, 7) is 7.07. The molecule has 3 aromatic rings. The zero-order valence-electron chi connectivity index (χ0n) is 21.3. The summed E-state index contributed by atoms with van der Waals surface area (Å²) in [6.07, 6.45) is 0.419. The number of β-lactam (4-membered cyclic amide) rings is 1. The number of hydrogen-bond donors (Lipinski definition) is 0. The van der Waals surface area contributed by atoms with Crippen molar-refractivity contribution < 1.29 is 18.8 Å². The third-order valence-corrected chi connectivity index (χ3v) is 13.2. The van der Waals surface area contributed by atoms with Crippen molar-refractivity contribution in [3.63, 3.8) is 0 Å². The molecule has 1 atom stereocenters. The Morgan fingerprint density at radius 2 is 1.43 bits per heavy atom. The molecule has 0 N–H and O–H groups in total. The average molecular weight is 530 g/mol. The molecule has 2 heterocycles. The van der Waals surface area contributed by atoms with Gasteiger partial charge in [0.25, 0.3) is 8.32 Å². The van der Waals surface area contributed by atoms with Crippen LogP contribution in [0.1, 0.15) is 32.8 Å². The van der Waals surface area contributed by atoms with E-state index in [1.165, 1.54) is 10.4 Å². The van der Waals surface area contributed by atoms with Crippen molar-refractivity contribution >= 4 is 42.3 Å². The van der Waals surface area contributed by atoms with Crippen LogP contribution in [0.2, 0.25) is 5.04 Å². The summed E-state index contributed by atoms with van der Waals surface area (Å²) in [5, 5.41) is 2.09. The van der Waals surface area contributed by atoms with Gasteiger partial charge >= 0.3 is 5.97 Å². The molecule has 0 unspecified atom stereocenters. The number of nitrogens with zero attached hydrogens (tertiary/aromatic N) is 1. The van der Waals surface area contributed by atoms with Crippen molar-refractivity contribution in [3.8, 4) is 0 Å². The first-order valence-corrected chi connectivity index (χ1v) is 15.3. The van der Waals surface area contributed by atoms with Crippen molar-refractivity contribution in [2.75, 3.05) is 6.61 Å². The molecule has 0 radical (unpaired) electrons. The third kappa shape index (κ3) is 4.79. The first-order valence-electron chi connectivity index (χ1n) is 12.5. The minimum atomic E-state index is -2.80. The molecule has 190 valence electrons. The van der Waals surface area contributed by atoms with Crippen LogP contribution in [-0.2, 0) is 25.4 Å². The minimum Gasteiger partial charge on any atom is -0.456 e. The maximum absolute atomic E-state index is 13.3. The highest BCUT2D eigenvalue weighted by atomic mass is 32.2. The molecule has 5 rings (SSSR count). The second-order valence-corrected chi connectivity index (χ2v) is 15.9. The molecule has 2 aliphatic rings. The van der Waals surface area contributed by atoms with Crippen molar-refractivity contribution in [3.05, 3.63) is 107 Å². The van der Waals surface area contributed by atoms with Crippen LogP contribution in [0.3, 0.4) is 0 Å². The number of amides is 1. The molecule has 0 saturated carbocycles. The van der Waals surface area contributed by atoms with Crippen molar-refractivity contribution in [2.24, 2.45) is 0 Å². The number of ether oxygens (including phenoxy) is 1. The van der Waals surface area contributed by atoms with Gasteiger partial charge in [-0.15, -0.1) is 0 Å². The van der Waals surface area contributed by atoms with Crippen LogP contribution in [-0.4, -0.2) is 37.1 Å². The van der Waals surface area contributed by atoms with E-state index >= 15 is 0 Å². The van der Waals surface area contributed by atoms with Gasteiger partial charge in [0.15, 0.2) is 0 Å². The summed E-state index contributed by atoms with van der Waals surface area (Å²) >= 11 is 1.55. The van der Waals surface area contributed by atoms with Crippen molar-refractivity contribution in [1.29, 1.82) is 0 Å². The highest BCUT2D eigenvalue weighted by Gasteiger charge is 2.52. The number of esters is 1. The lowest BCUT2D eigenvalue weighted by atomic mass is 10.1. The van der Waals surface area contributed by atoms with Crippen LogP contribution in [0, 0.1) is 0 Å². The van der Waals surface area contributed by atoms with Crippen LogP contribution < -0.4 is 10.4 Å². The predicted molar refractivity (Wildman–Crippen MR) is 150 cm³/mol. The largest absolute Gasteiger partial charge is 0.456 e. The van der Waals surface area contributed by atoms with Crippen molar-refractivity contribution in [1.82, 2.24) is 4.90 Å². The van der Waals surface area contributed by atoms with Gasteiger partial charge in [0, 0.05) is 4.91 Å². The average Bonchev–Trinajstić information content (AvgIpc) is 3.20. The summed E-state index contributed by atoms with van der Waals surface area (Å²) < 4.78 is 12.7. The third-order valence-electron chi connectivity index (χ3n) is 6.93. The smallest absolute Gasteiger partial charge is 0.356 e. The Kier molecular flexibility index (Phi) is 7.12. The van der Waals surface area contributed by atoms with Crippen LogP contribution in [0.15, 0.2) is 102 Å². The van der Waals surface area contributed by atoms with E-state index in [2.05, 4.69) is 69.3 Å². The van der Waals surface area contributed by atoms with Gasteiger partial charge in [-0.25, -0.2) is 4.79 Å². The van der Waals surface area contributed by atoms with E-state index < -0.39 is 14.3 Å². The summed E-state index contributed by atoms with van der Waals surface area (Å²) in [4.78, 5) is 28.1. The van der Waals surface area contributed by atoms with E-state index in [1.807, 2.05) is 42.5 Å². The summed E-state index contributed by atoms with van der Waals surface area (Å²) in [7, 11) is -2.80. The van der Waals surface area contributed by atoms with Crippen LogP contribution in [0.25, 0.3) is 0 Å². The molecule has 3 aromatic carbocycles. The molecule has 0 aliphatic carbocycles. The second kappa shape index (κ2) is 10.3. The van der Waals surface area contributed by atoms with E-state index in [0.717, 1.165) is 10.5 Å². The standard InChI is InChI=1S/C30H31NO4SSi/c1-30(2,3)37(23-15-9-5-10-16-23,24-17-11-6-12-18-24)35-21-25-28(31-26(32)19-27(31)36-25)29(33)34-20-22-13-7-4-8-14-22/h4-18,27H,19-21H2,1-3H3/t27-/m1/s1. The molecule has 0 aromatic heterocycles. The molecule has 7 heteroatoms. The maximum atomic E-state index is 13.3. The van der Waals surface area contributed by atoms with Gasteiger partial charge in [-0.1, -0.05) is 124 Å². The van der Waals surface area contributed by atoms with Gasteiger partial charge in [0.2, 0.25) is 5.91 Å². The predicted octanol–water partition coefficient (Wildman–Crippen LogP) is 4.82. The second-order valence-electron chi connectivity index (χ2n) is 10.3. The fraction of sp³-hybridized carbons (Fsp3) is 0.267. The van der Waals surface area contributed by atoms with E-state index in [1.54, 1.807) is 16.7 Å². The number of rotatable bonds is 8. The number of thioether (sulfide) groups is 1. The number of fused-ring (bicyclic) bond motifs is 1. The minimum absolute atomic E-state index is 0.0513. The quantitative estimate of drug-likeness (QED) is 0.238.